The first-order valence-corrected chi connectivity index (χ1v) is 9.11. The number of rotatable bonds is 8. The van der Waals surface area contributed by atoms with Crippen molar-refractivity contribution in [3.63, 3.8) is 0 Å². The van der Waals surface area contributed by atoms with E-state index in [0.717, 1.165) is 33.7 Å². The lowest BCUT2D eigenvalue weighted by Crippen LogP contribution is -2.18. The molecule has 3 aromatic rings. The van der Waals surface area contributed by atoms with Crippen molar-refractivity contribution in [2.24, 2.45) is 5.16 Å². The molecule has 0 aliphatic heterocycles. The lowest BCUT2D eigenvalue weighted by Gasteiger charge is -2.15. The second-order valence-corrected chi connectivity index (χ2v) is 6.52. The van der Waals surface area contributed by atoms with Gasteiger partial charge in [-0.1, -0.05) is 42.1 Å². The highest BCUT2D eigenvalue weighted by atomic mass is 16.6. The number of nitrogens with one attached hydrogen (secondary N) is 1. The molecule has 8 nitrogen and oxygen atoms in total. The standard InChI is InChI=1S/C21H23N5O3/c1-5-11-29-23-16(4)17-10-9-15(3)20(12-17)28-13-18-14(2)7-6-8-19(18)26-21(27)22-24-25-26/h5-10,12H,1,11,13H2,2-4H3,(H,22,25,27). The monoisotopic (exact) mass is 393 g/mol. The largest absolute Gasteiger partial charge is 0.489 e. The van der Waals surface area contributed by atoms with Gasteiger partial charge in [-0.05, 0) is 54.5 Å². The highest BCUT2D eigenvalue weighted by Gasteiger charge is 2.13. The van der Waals surface area contributed by atoms with E-state index in [4.69, 9.17) is 9.57 Å². The van der Waals surface area contributed by atoms with E-state index in [1.54, 1.807) is 6.08 Å². The number of hydrogen-bond acceptors (Lipinski definition) is 6. The summed E-state index contributed by atoms with van der Waals surface area (Å²) < 4.78 is 7.34. The SMILES string of the molecule is C=CCON=C(C)c1ccc(C)c(OCc2c(C)cccc2-n2nn[nH]c2=O)c1. The fraction of sp³-hybridized carbons (Fsp3) is 0.238. The van der Waals surface area contributed by atoms with E-state index in [0.29, 0.717) is 12.3 Å². The van der Waals surface area contributed by atoms with E-state index in [-0.39, 0.29) is 6.61 Å². The molecule has 0 spiro atoms. The van der Waals surface area contributed by atoms with Crippen molar-refractivity contribution < 1.29 is 9.57 Å². The normalized spacial score (nSPS) is 11.3. The van der Waals surface area contributed by atoms with E-state index < -0.39 is 5.69 Å². The molecule has 3 rings (SSSR count). The molecular weight excluding hydrogens is 370 g/mol. The van der Waals surface area contributed by atoms with Crippen molar-refractivity contribution in [3.05, 3.63) is 81.8 Å². The van der Waals surface area contributed by atoms with Crippen LogP contribution in [0.1, 0.15) is 29.2 Å². The minimum Gasteiger partial charge on any atom is -0.489 e. The first-order valence-electron chi connectivity index (χ1n) is 9.11. The van der Waals surface area contributed by atoms with Gasteiger partial charge in [-0.3, -0.25) is 0 Å². The molecule has 1 N–H and O–H groups in total. The third-order valence-electron chi connectivity index (χ3n) is 4.46. The number of aromatic amines is 1. The number of tetrazole rings is 1. The smallest absolute Gasteiger partial charge is 0.365 e. The Morgan fingerprint density at radius 3 is 2.83 bits per heavy atom. The molecule has 0 unspecified atom stereocenters. The third kappa shape index (κ3) is 4.60. The van der Waals surface area contributed by atoms with Gasteiger partial charge in [0.05, 0.1) is 11.4 Å². The lowest BCUT2D eigenvalue weighted by molar-refractivity contribution is 0.175. The van der Waals surface area contributed by atoms with Crippen molar-refractivity contribution in [3.8, 4) is 11.4 Å². The Balaban J connectivity index is 1.87. The van der Waals surface area contributed by atoms with Crippen LogP contribution in [0.4, 0.5) is 0 Å². The van der Waals surface area contributed by atoms with Gasteiger partial charge in [0.2, 0.25) is 0 Å². The number of oxime groups is 1. The van der Waals surface area contributed by atoms with E-state index in [1.807, 2.05) is 57.2 Å². The van der Waals surface area contributed by atoms with Crippen molar-refractivity contribution >= 4 is 5.71 Å². The average Bonchev–Trinajstić information content (AvgIpc) is 3.13. The van der Waals surface area contributed by atoms with E-state index >= 15 is 0 Å². The summed E-state index contributed by atoms with van der Waals surface area (Å²) in [6.07, 6.45) is 1.64. The number of aryl methyl sites for hydroxylation is 2. The second-order valence-electron chi connectivity index (χ2n) is 6.52. The first-order chi connectivity index (χ1) is 14.0. The Morgan fingerprint density at radius 1 is 1.28 bits per heavy atom. The summed E-state index contributed by atoms with van der Waals surface area (Å²) >= 11 is 0. The summed E-state index contributed by atoms with van der Waals surface area (Å²) in [7, 11) is 0. The molecule has 0 fully saturated rings. The van der Waals surface area contributed by atoms with Crippen LogP contribution in [0.3, 0.4) is 0 Å². The summed E-state index contributed by atoms with van der Waals surface area (Å²) in [4.78, 5) is 17.1. The van der Waals surface area contributed by atoms with Crippen molar-refractivity contribution in [2.45, 2.75) is 27.4 Å². The molecule has 150 valence electrons. The highest BCUT2D eigenvalue weighted by Crippen LogP contribution is 2.24. The summed E-state index contributed by atoms with van der Waals surface area (Å²) in [5.41, 5.74) is 4.70. The Bertz CT molecular complexity index is 1100. The predicted octanol–water partition coefficient (Wildman–Crippen LogP) is 3.08. The van der Waals surface area contributed by atoms with Crippen LogP contribution in [0.15, 0.2) is 59.0 Å². The topological polar surface area (TPSA) is 94.4 Å². The Morgan fingerprint density at radius 2 is 2.10 bits per heavy atom. The van der Waals surface area contributed by atoms with Gasteiger partial charge >= 0.3 is 5.69 Å². The Hall–Kier alpha value is -3.68. The minimum absolute atomic E-state index is 0.273. The molecule has 29 heavy (non-hydrogen) atoms. The summed E-state index contributed by atoms with van der Waals surface area (Å²) in [5, 5.41) is 13.8. The zero-order valence-corrected chi connectivity index (χ0v) is 16.7. The number of ether oxygens (including phenoxy) is 1. The number of H-pyrrole nitrogens is 1. The molecule has 0 saturated carbocycles. The van der Waals surface area contributed by atoms with Crippen LogP contribution in [0.2, 0.25) is 0 Å². The second kappa shape index (κ2) is 9.01. The summed E-state index contributed by atoms with van der Waals surface area (Å²) in [5.74, 6) is 0.725. The molecule has 0 saturated heterocycles. The predicted molar refractivity (Wildman–Crippen MR) is 111 cm³/mol. The van der Waals surface area contributed by atoms with Gasteiger partial charge in [0.1, 0.15) is 19.0 Å². The Kier molecular flexibility index (Phi) is 6.23. The van der Waals surface area contributed by atoms with Crippen LogP contribution in [-0.4, -0.2) is 32.5 Å². The molecule has 0 aliphatic carbocycles. The van der Waals surface area contributed by atoms with Crippen molar-refractivity contribution in [2.75, 3.05) is 6.61 Å². The van der Waals surface area contributed by atoms with Crippen molar-refractivity contribution in [1.82, 2.24) is 20.2 Å². The van der Waals surface area contributed by atoms with Gasteiger partial charge in [0.15, 0.2) is 0 Å². The van der Waals surface area contributed by atoms with Crippen LogP contribution in [0.25, 0.3) is 5.69 Å². The molecule has 1 aromatic heterocycles. The fourth-order valence-electron chi connectivity index (χ4n) is 2.80. The highest BCUT2D eigenvalue weighted by molar-refractivity contribution is 5.98. The fourth-order valence-corrected chi connectivity index (χ4v) is 2.80. The van der Waals surface area contributed by atoms with Gasteiger partial charge in [0, 0.05) is 11.1 Å². The zero-order chi connectivity index (χ0) is 20.8. The zero-order valence-electron chi connectivity index (χ0n) is 16.7. The van der Waals surface area contributed by atoms with Crippen LogP contribution >= 0.6 is 0 Å². The van der Waals surface area contributed by atoms with Crippen LogP contribution < -0.4 is 10.4 Å². The number of benzene rings is 2. The molecule has 0 atom stereocenters. The van der Waals surface area contributed by atoms with Gasteiger partial charge in [-0.25, -0.2) is 9.89 Å². The van der Waals surface area contributed by atoms with Crippen LogP contribution in [-0.2, 0) is 11.4 Å². The molecule has 1 heterocycles. The molecular formula is C21H23N5O3. The molecule has 0 bridgehead atoms. The van der Waals surface area contributed by atoms with Crippen LogP contribution in [0, 0.1) is 13.8 Å². The summed E-state index contributed by atoms with van der Waals surface area (Å²) in [6, 6.07) is 11.5. The maximum absolute atomic E-state index is 11.9. The number of hydrogen-bond donors (Lipinski definition) is 1. The maximum atomic E-state index is 11.9. The van der Waals surface area contributed by atoms with Gasteiger partial charge in [0.25, 0.3) is 0 Å². The van der Waals surface area contributed by atoms with E-state index in [9.17, 15) is 4.79 Å². The maximum Gasteiger partial charge on any atom is 0.365 e. The van der Waals surface area contributed by atoms with Gasteiger partial charge < -0.3 is 9.57 Å². The first kappa shape index (κ1) is 20.1. The molecule has 0 radical (unpaired) electrons. The van der Waals surface area contributed by atoms with Crippen LogP contribution in [0.5, 0.6) is 5.75 Å². The Labute approximate surface area is 168 Å². The molecule has 0 aliphatic rings. The third-order valence-corrected chi connectivity index (χ3v) is 4.46. The van der Waals surface area contributed by atoms with Gasteiger partial charge in [-0.2, -0.15) is 4.68 Å². The van der Waals surface area contributed by atoms with Crippen molar-refractivity contribution in [1.29, 1.82) is 0 Å². The summed E-state index contributed by atoms with van der Waals surface area (Å²) in [6.45, 7) is 10.0. The van der Waals surface area contributed by atoms with Gasteiger partial charge in [-0.15, -0.1) is 0 Å². The lowest BCUT2D eigenvalue weighted by atomic mass is 10.1. The molecule has 8 heteroatoms. The average molecular weight is 393 g/mol. The number of aromatic nitrogens is 4. The molecule has 2 aromatic carbocycles. The molecule has 0 amide bonds. The number of nitrogens with zero attached hydrogens (tertiary/aromatic N) is 4. The minimum atomic E-state index is -0.401. The van der Waals surface area contributed by atoms with E-state index in [1.165, 1.54) is 4.68 Å². The van der Waals surface area contributed by atoms with E-state index in [2.05, 4.69) is 27.3 Å². The quantitative estimate of drug-likeness (QED) is 0.275.